The van der Waals surface area contributed by atoms with Gasteiger partial charge >= 0.3 is 0 Å². The molecule has 1 rings (SSSR count). The molecule has 0 bridgehead atoms. The van der Waals surface area contributed by atoms with E-state index in [9.17, 15) is 4.79 Å². The van der Waals surface area contributed by atoms with Crippen LogP contribution >= 0.6 is 0 Å². The van der Waals surface area contributed by atoms with Gasteiger partial charge in [0.05, 0.1) is 14.2 Å². The lowest BCUT2D eigenvalue weighted by Gasteiger charge is -2.17. The lowest BCUT2D eigenvalue weighted by atomic mass is 9.96. The molecule has 0 radical (unpaired) electrons. The second-order valence-corrected chi connectivity index (χ2v) is 5.41. The minimum absolute atomic E-state index is 0.0732. The Morgan fingerprint density at radius 3 is 2.45 bits per heavy atom. The van der Waals surface area contributed by atoms with Crippen molar-refractivity contribution in [3.8, 4) is 11.5 Å². The monoisotopic (exact) mass is 279 g/mol. The minimum atomic E-state index is 0.0732. The van der Waals surface area contributed by atoms with Gasteiger partial charge in [-0.05, 0) is 23.5 Å². The van der Waals surface area contributed by atoms with Crippen molar-refractivity contribution in [3.05, 3.63) is 23.8 Å². The molecule has 0 spiro atoms. The van der Waals surface area contributed by atoms with Gasteiger partial charge < -0.3 is 14.8 Å². The van der Waals surface area contributed by atoms with Crippen molar-refractivity contribution in [3.63, 3.8) is 0 Å². The van der Waals surface area contributed by atoms with E-state index in [1.54, 1.807) is 14.2 Å². The average Bonchev–Trinajstić information content (AvgIpc) is 2.44. The lowest BCUT2D eigenvalue weighted by molar-refractivity contribution is -0.121. The van der Waals surface area contributed by atoms with Crippen molar-refractivity contribution >= 4 is 5.91 Å². The van der Waals surface area contributed by atoms with E-state index >= 15 is 0 Å². The Morgan fingerprint density at radius 2 is 1.90 bits per heavy atom. The third-order valence-corrected chi connectivity index (χ3v) is 3.17. The van der Waals surface area contributed by atoms with Crippen molar-refractivity contribution in [1.29, 1.82) is 0 Å². The van der Waals surface area contributed by atoms with E-state index in [0.717, 1.165) is 17.1 Å². The van der Waals surface area contributed by atoms with Crippen LogP contribution < -0.4 is 14.8 Å². The van der Waals surface area contributed by atoms with E-state index in [1.165, 1.54) is 0 Å². The predicted octanol–water partition coefficient (Wildman–Crippen LogP) is 2.97. The molecule has 20 heavy (non-hydrogen) atoms. The van der Waals surface area contributed by atoms with Crippen molar-refractivity contribution in [1.82, 2.24) is 5.32 Å². The summed E-state index contributed by atoms with van der Waals surface area (Å²) in [5.74, 6) is 2.15. The van der Waals surface area contributed by atoms with Gasteiger partial charge in [-0.1, -0.05) is 26.8 Å². The SMILES string of the molecule is COc1ccc(C(C)CC(=O)NCC(C)C)c(OC)c1. The number of amides is 1. The van der Waals surface area contributed by atoms with Gasteiger partial charge in [0.25, 0.3) is 0 Å². The van der Waals surface area contributed by atoms with Crippen LogP contribution in [0.4, 0.5) is 0 Å². The molecule has 0 saturated heterocycles. The highest BCUT2D eigenvalue weighted by Gasteiger charge is 2.16. The predicted molar refractivity (Wildman–Crippen MR) is 80.4 cm³/mol. The van der Waals surface area contributed by atoms with Crippen molar-refractivity contribution in [2.45, 2.75) is 33.1 Å². The largest absolute Gasteiger partial charge is 0.497 e. The molecule has 1 unspecified atom stereocenters. The summed E-state index contributed by atoms with van der Waals surface area (Å²) in [6.45, 7) is 6.90. The molecular formula is C16H25NO3. The first-order chi connectivity index (χ1) is 9.47. The van der Waals surface area contributed by atoms with E-state index in [0.29, 0.717) is 18.9 Å². The number of nitrogens with one attached hydrogen (secondary N) is 1. The molecule has 4 heteroatoms. The molecule has 1 atom stereocenters. The molecule has 0 saturated carbocycles. The standard InChI is InChI=1S/C16H25NO3/c1-11(2)10-17-16(18)8-12(3)14-7-6-13(19-4)9-15(14)20-5/h6-7,9,11-12H,8,10H2,1-5H3,(H,17,18). The first kappa shape index (κ1) is 16.3. The van der Waals surface area contributed by atoms with Crippen LogP contribution in [0.3, 0.4) is 0 Å². The highest BCUT2D eigenvalue weighted by atomic mass is 16.5. The van der Waals surface area contributed by atoms with Crippen molar-refractivity contribution in [2.75, 3.05) is 20.8 Å². The highest BCUT2D eigenvalue weighted by molar-refractivity contribution is 5.77. The summed E-state index contributed by atoms with van der Waals surface area (Å²) in [5, 5.41) is 2.94. The fraction of sp³-hybridized carbons (Fsp3) is 0.562. The van der Waals surface area contributed by atoms with Gasteiger partial charge in [0, 0.05) is 19.0 Å². The molecule has 0 aliphatic rings. The molecule has 0 aliphatic heterocycles. The van der Waals surface area contributed by atoms with Crippen LogP contribution in [0.15, 0.2) is 18.2 Å². The zero-order valence-electron chi connectivity index (χ0n) is 13.0. The normalized spacial score (nSPS) is 12.1. The summed E-state index contributed by atoms with van der Waals surface area (Å²) in [5.41, 5.74) is 1.02. The quantitative estimate of drug-likeness (QED) is 0.834. The van der Waals surface area contributed by atoms with Gasteiger partial charge in [0.1, 0.15) is 11.5 Å². The summed E-state index contributed by atoms with van der Waals surface area (Å²) >= 11 is 0. The summed E-state index contributed by atoms with van der Waals surface area (Å²) in [7, 11) is 3.25. The number of carbonyl (C=O) groups is 1. The molecular weight excluding hydrogens is 254 g/mol. The zero-order chi connectivity index (χ0) is 15.1. The molecule has 1 amide bonds. The smallest absolute Gasteiger partial charge is 0.220 e. The fourth-order valence-electron chi connectivity index (χ4n) is 2.00. The van der Waals surface area contributed by atoms with Crippen molar-refractivity contribution in [2.24, 2.45) is 5.92 Å². The number of benzene rings is 1. The molecule has 1 N–H and O–H groups in total. The second-order valence-electron chi connectivity index (χ2n) is 5.41. The van der Waals surface area contributed by atoms with Gasteiger partial charge in [-0.25, -0.2) is 0 Å². The Labute approximate surface area is 121 Å². The molecule has 0 aromatic heterocycles. The van der Waals surface area contributed by atoms with Crippen LogP contribution in [0.5, 0.6) is 11.5 Å². The minimum Gasteiger partial charge on any atom is -0.497 e. The Bertz CT molecular complexity index is 443. The van der Waals surface area contributed by atoms with E-state index in [4.69, 9.17) is 9.47 Å². The summed E-state index contributed by atoms with van der Waals surface area (Å²) in [6, 6.07) is 5.69. The van der Waals surface area contributed by atoms with Crippen LogP contribution in [0, 0.1) is 5.92 Å². The first-order valence-electron chi connectivity index (χ1n) is 6.96. The molecule has 0 aliphatic carbocycles. The third-order valence-electron chi connectivity index (χ3n) is 3.17. The molecule has 112 valence electrons. The lowest BCUT2D eigenvalue weighted by Crippen LogP contribution is -2.28. The van der Waals surface area contributed by atoms with E-state index in [1.807, 2.05) is 25.1 Å². The van der Waals surface area contributed by atoms with Crippen LogP contribution in [-0.4, -0.2) is 26.7 Å². The number of ether oxygens (including phenoxy) is 2. The molecule has 1 aromatic rings. The van der Waals surface area contributed by atoms with Crippen LogP contribution in [-0.2, 0) is 4.79 Å². The van der Waals surface area contributed by atoms with Crippen molar-refractivity contribution < 1.29 is 14.3 Å². The summed E-state index contributed by atoms with van der Waals surface area (Å²) in [6.07, 6.45) is 0.454. The number of hydrogen-bond acceptors (Lipinski definition) is 3. The maximum Gasteiger partial charge on any atom is 0.220 e. The molecule has 1 aromatic carbocycles. The third kappa shape index (κ3) is 4.76. The topological polar surface area (TPSA) is 47.6 Å². The number of carbonyl (C=O) groups excluding carboxylic acids is 1. The number of methoxy groups -OCH3 is 2. The number of rotatable bonds is 7. The van der Waals surface area contributed by atoms with Gasteiger partial charge in [0.15, 0.2) is 0 Å². The Morgan fingerprint density at radius 1 is 1.20 bits per heavy atom. The Hall–Kier alpha value is -1.71. The Kier molecular flexibility index (Phi) is 6.36. The Balaban J connectivity index is 2.71. The van der Waals surface area contributed by atoms with E-state index in [-0.39, 0.29) is 11.8 Å². The summed E-state index contributed by atoms with van der Waals surface area (Å²) < 4.78 is 10.6. The van der Waals surface area contributed by atoms with E-state index in [2.05, 4.69) is 19.2 Å². The maximum absolute atomic E-state index is 11.9. The van der Waals surface area contributed by atoms with E-state index < -0.39 is 0 Å². The second kappa shape index (κ2) is 7.78. The molecule has 0 heterocycles. The zero-order valence-corrected chi connectivity index (χ0v) is 13.0. The summed E-state index contributed by atoms with van der Waals surface area (Å²) in [4.78, 5) is 11.9. The first-order valence-corrected chi connectivity index (χ1v) is 6.96. The average molecular weight is 279 g/mol. The molecule has 4 nitrogen and oxygen atoms in total. The van der Waals surface area contributed by atoms with Gasteiger partial charge in [-0.15, -0.1) is 0 Å². The van der Waals surface area contributed by atoms with Crippen LogP contribution in [0.1, 0.15) is 38.7 Å². The van der Waals surface area contributed by atoms with Gasteiger partial charge in [0.2, 0.25) is 5.91 Å². The molecule has 0 fully saturated rings. The van der Waals surface area contributed by atoms with Crippen LogP contribution in [0.2, 0.25) is 0 Å². The fourth-order valence-corrected chi connectivity index (χ4v) is 2.00. The highest BCUT2D eigenvalue weighted by Crippen LogP contribution is 2.32. The number of hydrogen-bond donors (Lipinski definition) is 1. The van der Waals surface area contributed by atoms with Gasteiger partial charge in [-0.2, -0.15) is 0 Å². The van der Waals surface area contributed by atoms with Gasteiger partial charge in [-0.3, -0.25) is 4.79 Å². The van der Waals surface area contributed by atoms with Crippen LogP contribution in [0.25, 0.3) is 0 Å². The maximum atomic E-state index is 11.9.